The summed E-state index contributed by atoms with van der Waals surface area (Å²) in [6, 6.07) is 4.14. The van der Waals surface area contributed by atoms with Crippen LogP contribution in [0.4, 0.5) is 11.4 Å². The molecule has 0 aliphatic carbocycles. The normalized spacial score (nSPS) is 18.1. The van der Waals surface area contributed by atoms with E-state index in [1.54, 1.807) is 13.8 Å². The number of nitro groups is 1. The van der Waals surface area contributed by atoms with Crippen LogP contribution in [0.3, 0.4) is 0 Å². The zero-order valence-electron chi connectivity index (χ0n) is 18.8. The molecule has 1 aromatic carbocycles. The van der Waals surface area contributed by atoms with Crippen LogP contribution >= 0.6 is 0 Å². The number of piperidine rings is 1. The molecule has 0 aromatic heterocycles. The van der Waals surface area contributed by atoms with Crippen molar-refractivity contribution in [1.29, 1.82) is 0 Å². The van der Waals surface area contributed by atoms with Gasteiger partial charge in [0.05, 0.1) is 15.7 Å². The van der Waals surface area contributed by atoms with E-state index in [1.165, 1.54) is 16.4 Å². The predicted molar refractivity (Wildman–Crippen MR) is 121 cm³/mol. The van der Waals surface area contributed by atoms with Crippen LogP contribution in [0.25, 0.3) is 0 Å². The van der Waals surface area contributed by atoms with Gasteiger partial charge >= 0.3 is 0 Å². The van der Waals surface area contributed by atoms with Crippen molar-refractivity contribution in [2.24, 2.45) is 5.92 Å². The van der Waals surface area contributed by atoms with Crippen molar-refractivity contribution in [3.63, 3.8) is 0 Å². The number of nitro benzene ring substituents is 1. The third-order valence-corrected chi connectivity index (χ3v) is 7.78. The van der Waals surface area contributed by atoms with E-state index in [0.29, 0.717) is 18.8 Å². The number of benzene rings is 1. The molecular formula is C21H34N4O5S. The molecule has 0 spiro atoms. The Bertz CT molecular complexity index is 886. The fourth-order valence-electron chi connectivity index (χ4n) is 4.07. The minimum absolute atomic E-state index is 0.0333. The van der Waals surface area contributed by atoms with Gasteiger partial charge in [0.25, 0.3) is 5.69 Å². The monoisotopic (exact) mass is 454 g/mol. The van der Waals surface area contributed by atoms with Crippen molar-refractivity contribution in [1.82, 2.24) is 9.62 Å². The topological polar surface area (TPSA) is 113 Å². The molecule has 1 heterocycles. The quantitative estimate of drug-likeness (QED) is 0.429. The average Bonchev–Trinajstić information content (AvgIpc) is 2.74. The summed E-state index contributed by atoms with van der Waals surface area (Å²) in [5.74, 6) is -0.291. The van der Waals surface area contributed by atoms with Crippen LogP contribution in [0, 0.1) is 16.0 Å². The first-order chi connectivity index (χ1) is 14.6. The molecule has 0 saturated carbocycles. The van der Waals surface area contributed by atoms with Gasteiger partial charge in [0.1, 0.15) is 5.69 Å². The predicted octanol–water partition coefficient (Wildman–Crippen LogP) is 3.15. The van der Waals surface area contributed by atoms with Gasteiger partial charge in [-0.15, -0.1) is 0 Å². The maximum atomic E-state index is 12.8. The van der Waals surface area contributed by atoms with Crippen LogP contribution in [-0.2, 0) is 14.8 Å². The lowest BCUT2D eigenvalue weighted by atomic mass is 9.96. The Morgan fingerprint density at radius 1 is 1.32 bits per heavy atom. The molecule has 1 amide bonds. The smallest absolute Gasteiger partial charge is 0.293 e. The first-order valence-electron chi connectivity index (χ1n) is 11.0. The highest BCUT2D eigenvalue weighted by molar-refractivity contribution is 7.89. The molecule has 2 rings (SSSR count). The van der Waals surface area contributed by atoms with Crippen molar-refractivity contribution >= 4 is 27.3 Å². The van der Waals surface area contributed by atoms with Gasteiger partial charge in [-0.25, -0.2) is 8.42 Å². The van der Waals surface area contributed by atoms with Crippen LogP contribution < -0.4 is 10.2 Å². The second kappa shape index (κ2) is 10.9. The number of nitrogens with zero attached hydrogens (tertiary/aromatic N) is 3. The highest BCUT2D eigenvalue weighted by Gasteiger charge is 2.31. The Labute approximate surface area is 185 Å². The molecule has 174 valence electrons. The average molecular weight is 455 g/mol. The minimum atomic E-state index is -3.80. The molecule has 1 fully saturated rings. The number of hydrogen-bond donors (Lipinski definition) is 1. The number of nitrogens with one attached hydrogen (secondary N) is 1. The number of carbonyl (C=O) groups excluding carboxylic acids is 1. The zero-order valence-corrected chi connectivity index (χ0v) is 19.7. The van der Waals surface area contributed by atoms with Crippen molar-refractivity contribution in [3.05, 3.63) is 28.3 Å². The van der Waals surface area contributed by atoms with E-state index in [9.17, 15) is 23.3 Å². The van der Waals surface area contributed by atoms with Crippen LogP contribution in [0.2, 0.25) is 0 Å². The largest absolute Gasteiger partial charge is 0.365 e. The Balaban J connectivity index is 2.29. The fraction of sp³-hybridized carbons (Fsp3) is 0.667. The summed E-state index contributed by atoms with van der Waals surface area (Å²) < 4.78 is 26.9. The molecule has 0 radical (unpaired) electrons. The summed E-state index contributed by atoms with van der Waals surface area (Å²) in [5, 5.41) is 14.8. The first-order valence-corrected chi connectivity index (χ1v) is 12.4. The van der Waals surface area contributed by atoms with E-state index in [1.807, 2.05) is 11.8 Å². The van der Waals surface area contributed by atoms with Gasteiger partial charge in [-0.1, -0.05) is 27.2 Å². The zero-order chi connectivity index (χ0) is 23.2. The highest BCUT2D eigenvalue weighted by Crippen LogP contribution is 2.34. The minimum Gasteiger partial charge on any atom is -0.365 e. The van der Waals surface area contributed by atoms with Gasteiger partial charge in [0.15, 0.2) is 0 Å². The molecular weight excluding hydrogens is 420 g/mol. The molecule has 2 atom stereocenters. The second-order valence-electron chi connectivity index (χ2n) is 7.98. The number of amides is 1. The molecule has 9 nitrogen and oxygen atoms in total. The summed E-state index contributed by atoms with van der Waals surface area (Å²) in [7, 11) is -3.80. The lowest BCUT2D eigenvalue weighted by molar-refractivity contribution is -0.384. The Morgan fingerprint density at radius 3 is 2.58 bits per heavy atom. The van der Waals surface area contributed by atoms with E-state index in [0.717, 1.165) is 31.7 Å². The molecule has 1 aliphatic heterocycles. The maximum Gasteiger partial charge on any atom is 0.293 e. The van der Waals surface area contributed by atoms with Crippen molar-refractivity contribution in [2.75, 3.05) is 31.1 Å². The lowest BCUT2D eigenvalue weighted by Gasteiger charge is -2.34. The maximum absolute atomic E-state index is 12.8. The molecule has 1 N–H and O–H groups in total. The third kappa shape index (κ3) is 5.94. The van der Waals surface area contributed by atoms with E-state index in [-0.39, 0.29) is 41.5 Å². The molecule has 1 aromatic rings. The third-order valence-electron chi connectivity index (χ3n) is 5.73. The molecule has 0 bridgehead atoms. The summed E-state index contributed by atoms with van der Waals surface area (Å²) >= 11 is 0. The number of carbonyl (C=O) groups is 1. The van der Waals surface area contributed by atoms with Crippen LogP contribution in [0.5, 0.6) is 0 Å². The van der Waals surface area contributed by atoms with E-state index < -0.39 is 14.9 Å². The van der Waals surface area contributed by atoms with E-state index in [4.69, 9.17) is 0 Å². The van der Waals surface area contributed by atoms with Gasteiger partial charge in [-0.3, -0.25) is 14.9 Å². The van der Waals surface area contributed by atoms with E-state index in [2.05, 4.69) is 12.2 Å². The SMILES string of the molecule is CCCC(C)NC(=O)C1CCCN(c2ccc(S(=O)(=O)N(CC)CC)cc2[N+](=O)[O-])C1. The van der Waals surface area contributed by atoms with Gasteiger partial charge in [0.2, 0.25) is 15.9 Å². The Kier molecular flexibility index (Phi) is 8.81. The van der Waals surface area contributed by atoms with Crippen molar-refractivity contribution in [3.8, 4) is 0 Å². The van der Waals surface area contributed by atoms with Crippen LogP contribution in [0.15, 0.2) is 23.1 Å². The standard InChI is InChI=1S/C21H34N4O5S/c1-5-9-16(4)22-21(26)17-10-8-13-23(15-17)19-12-11-18(14-20(19)25(27)28)31(29,30)24(6-2)7-3/h11-12,14,16-17H,5-10,13,15H2,1-4H3,(H,22,26). The second-order valence-corrected chi connectivity index (χ2v) is 9.92. The number of rotatable bonds is 10. The van der Waals surface area contributed by atoms with Crippen molar-refractivity contribution < 1.29 is 18.1 Å². The molecule has 2 unspecified atom stereocenters. The van der Waals surface area contributed by atoms with E-state index >= 15 is 0 Å². The van der Waals surface area contributed by atoms with Gasteiger partial charge in [-0.2, -0.15) is 4.31 Å². The van der Waals surface area contributed by atoms with Gasteiger partial charge in [0, 0.05) is 38.3 Å². The summed E-state index contributed by atoms with van der Waals surface area (Å²) in [5.41, 5.74) is 0.0937. The summed E-state index contributed by atoms with van der Waals surface area (Å²) in [6.07, 6.45) is 3.34. The summed E-state index contributed by atoms with van der Waals surface area (Å²) in [6.45, 7) is 9.01. The lowest BCUT2D eigenvalue weighted by Crippen LogP contribution is -2.45. The van der Waals surface area contributed by atoms with Gasteiger partial charge in [-0.05, 0) is 38.3 Å². The first kappa shape index (κ1) is 25.1. The fourth-order valence-corrected chi connectivity index (χ4v) is 5.54. The van der Waals surface area contributed by atoms with Crippen LogP contribution in [0.1, 0.15) is 53.4 Å². The highest BCUT2D eigenvalue weighted by atomic mass is 32.2. The Hall–Kier alpha value is -2.20. The molecule has 1 saturated heterocycles. The molecule has 10 heteroatoms. The molecule has 1 aliphatic rings. The summed E-state index contributed by atoms with van der Waals surface area (Å²) in [4.78, 5) is 25.6. The molecule has 31 heavy (non-hydrogen) atoms. The Morgan fingerprint density at radius 2 is 2.00 bits per heavy atom. The number of sulfonamides is 1. The van der Waals surface area contributed by atoms with Gasteiger partial charge < -0.3 is 10.2 Å². The number of hydrogen-bond acceptors (Lipinski definition) is 6. The van der Waals surface area contributed by atoms with Crippen LogP contribution in [-0.4, -0.2) is 55.8 Å². The van der Waals surface area contributed by atoms with Crippen molar-refractivity contribution in [2.45, 2.75) is 64.3 Å². The number of anilines is 1.